The largest absolute Gasteiger partial charge is 0.354 e. The van der Waals surface area contributed by atoms with Crippen LogP contribution in [0.5, 0.6) is 0 Å². The number of hydrogen-bond donors (Lipinski definition) is 1. The molecule has 7 nitrogen and oxygen atoms in total. The zero-order valence-electron chi connectivity index (χ0n) is 23.7. The van der Waals surface area contributed by atoms with Gasteiger partial charge in [-0.05, 0) is 88.7 Å². The molecule has 0 aliphatic rings. The van der Waals surface area contributed by atoms with Crippen LogP contribution in [0, 0.1) is 3.57 Å². The lowest BCUT2D eigenvalue weighted by atomic mass is 10.0. The maximum Gasteiger partial charge on any atom is 0.264 e. The van der Waals surface area contributed by atoms with Crippen LogP contribution in [0.15, 0.2) is 119 Å². The molecule has 1 N–H and O–H groups in total. The third kappa shape index (κ3) is 8.90. The zero-order chi connectivity index (χ0) is 30.8. The number of sulfonamides is 1. The zero-order valence-corrected chi connectivity index (χ0v) is 28.3. The van der Waals surface area contributed by atoms with Crippen molar-refractivity contribution in [3.8, 4) is 0 Å². The summed E-state index contributed by atoms with van der Waals surface area (Å²) in [6, 6.07) is 31.2. The van der Waals surface area contributed by atoms with Gasteiger partial charge in [-0.3, -0.25) is 13.9 Å². The molecule has 0 bridgehead atoms. The van der Waals surface area contributed by atoms with Crippen LogP contribution in [-0.4, -0.2) is 44.3 Å². The average Bonchev–Trinajstić information content (AvgIpc) is 3.01. The molecule has 4 aromatic rings. The molecule has 0 aromatic heterocycles. The molecule has 1 atom stereocenters. The van der Waals surface area contributed by atoms with Crippen molar-refractivity contribution in [2.75, 3.05) is 17.4 Å². The lowest BCUT2D eigenvalue weighted by Gasteiger charge is -2.34. The highest BCUT2D eigenvalue weighted by Gasteiger charge is 2.34. The van der Waals surface area contributed by atoms with Crippen molar-refractivity contribution >= 4 is 66.0 Å². The third-order valence-electron chi connectivity index (χ3n) is 6.79. The normalized spacial score (nSPS) is 11.9. The van der Waals surface area contributed by atoms with Gasteiger partial charge >= 0.3 is 0 Å². The molecular formula is C33H33BrIN3O4S. The first kappa shape index (κ1) is 32.7. The van der Waals surface area contributed by atoms with Crippen molar-refractivity contribution in [2.45, 2.75) is 37.2 Å². The second-order valence-corrected chi connectivity index (χ2v) is 14.0. The van der Waals surface area contributed by atoms with Crippen LogP contribution in [0.4, 0.5) is 5.69 Å². The Hall–Kier alpha value is -3.22. The van der Waals surface area contributed by atoms with Gasteiger partial charge in [0, 0.05) is 27.6 Å². The second-order valence-electron chi connectivity index (χ2n) is 9.95. The van der Waals surface area contributed by atoms with Crippen LogP contribution in [0.2, 0.25) is 0 Å². The van der Waals surface area contributed by atoms with Crippen molar-refractivity contribution in [1.29, 1.82) is 0 Å². The van der Waals surface area contributed by atoms with E-state index < -0.39 is 28.5 Å². The Balaban J connectivity index is 1.78. The number of amides is 2. The second kappa shape index (κ2) is 15.5. The van der Waals surface area contributed by atoms with Crippen LogP contribution in [-0.2, 0) is 32.6 Å². The molecule has 2 amide bonds. The van der Waals surface area contributed by atoms with Crippen molar-refractivity contribution in [3.05, 3.63) is 128 Å². The van der Waals surface area contributed by atoms with Gasteiger partial charge in [-0.2, -0.15) is 0 Å². The molecule has 0 fully saturated rings. The molecule has 0 saturated carbocycles. The van der Waals surface area contributed by atoms with Gasteiger partial charge in [-0.1, -0.05) is 83.5 Å². The minimum absolute atomic E-state index is 0.0708. The van der Waals surface area contributed by atoms with Crippen molar-refractivity contribution in [3.63, 3.8) is 0 Å². The van der Waals surface area contributed by atoms with E-state index in [1.165, 1.54) is 17.0 Å². The van der Waals surface area contributed by atoms with E-state index in [2.05, 4.69) is 43.8 Å². The molecule has 224 valence electrons. The molecule has 4 rings (SSSR count). The predicted octanol–water partition coefficient (Wildman–Crippen LogP) is 6.42. The number of benzene rings is 4. The molecule has 1 unspecified atom stereocenters. The Morgan fingerprint density at radius 1 is 0.860 bits per heavy atom. The summed E-state index contributed by atoms with van der Waals surface area (Å²) in [5, 5.41) is 2.96. The molecule has 0 heterocycles. The number of nitrogens with zero attached hydrogens (tertiary/aromatic N) is 2. The van der Waals surface area contributed by atoms with Gasteiger partial charge < -0.3 is 10.2 Å². The smallest absolute Gasteiger partial charge is 0.264 e. The van der Waals surface area contributed by atoms with Gasteiger partial charge in [-0.25, -0.2) is 8.42 Å². The minimum Gasteiger partial charge on any atom is -0.354 e. The maximum atomic E-state index is 14.4. The molecule has 10 heteroatoms. The highest BCUT2D eigenvalue weighted by atomic mass is 127. The Kier molecular flexibility index (Phi) is 11.8. The average molecular weight is 775 g/mol. The van der Waals surface area contributed by atoms with Gasteiger partial charge in [0.25, 0.3) is 10.0 Å². The lowest BCUT2D eigenvalue weighted by Crippen LogP contribution is -2.53. The molecular weight excluding hydrogens is 741 g/mol. The fourth-order valence-corrected chi connectivity index (χ4v) is 6.85. The van der Waals surface area contributed by atoms with E-state index in [-0.39, 0.29) is 23.8 Å². The molecule has 4 aromatic carbocycles. The van der Waals surface area contributed by atoms with Crippen LogP contribution in [0.1, 0.15) is 24.5 Å². The van der Waals surface area contributed by atoms with E-state index in [1.54, 1.807) is 42.5 Å². The summed E-state index contributed by atoms with van der Waals surface area (Å²) in [4.78, 5) is 29.6. The molecule has 0 saturated heterocycles. The Bertz CT molecular complexity index is 1620. The van der Waals surface area contributed by atoms with Crippen molar-refractivity contribution < 1.29 is 18.0 Å². The maximum absolute atomic E-state index is 14.4. The van der Waals surface area contributed by atoms with Crippen molar-refractivity contribution in [1.82, 2.24) is 10.2 Å². The first-order valence-electron chi connectivity index (χ1n) is 13.9. The standard InChI is InChI=1S/C33H33BrIN3O4S/c1-2-20-36-33(40)31(22-25-10-5-3-6-11-25)37(23-26-12-9-13-27(34)21-26)32(39)24-38(29-18-16-28(35)17-19-29)43(41,42)30-14-7-4-8-15-30/h3-19,21,31H,2,20,22-24H2,1H3,(H,36,40). The fourth-order valence-electron chi connectivity index (χ4n) is 4.61. The number of anilines is 1. The predicted molar refractivity (Wildman–Crippen MR) is 182 cm³/mol. The van der Waals surface area contributed by atoms with Crippen LogP contribution < -0.4 is 9.62 Å². The minimum atomic E-state index is -4.12. The Morgan fingerprint density at radius 2 is 1.49 bits per heavy atom. The van der Waals surface area contributed by atoms with E-state index in [9.17, 15) is 18.0 Å². The highest BCUT2D eigenvalue weighted by molar-refractivity contribution is 14.1. The van der Waals surface area contributed by atoms with Gasteiger partial charge in [0.2, 0.25) is 11.8 Å². The number of hydrogen-bond acceptors (Lipinski definition) is 4. The fraction of sp³-hybridized carbons (Fsp3) is 0.212. The highest BCUT2D eigenvalue weighted by Crippen LogP contribution is 2.26. The topological polar surface area (TPSA) is 86.8 Å². The van der Waals surface area contributed by atoms with E-state index >= 15 is 0 Å². The summed E-state index contributed by atoms with van der Waals surface area (Å²) in [5.41, 5.74) is 2.04. The van der Waals surface area contributed by atoms with Gasteiger partial charge in [-0.15, -0.1) is 0 Å². The van der Waals surface area contributed by atoms with E-state index in [0.717, 1.165) is 29.9 Å². The summed E-state index contributed by atoms with van der Waals surface area (Å²) in [6.45, 7) is 2.05. The van der Waals surface area contributed by atoms with E-state index in [0.29, 0.717) is 12.2 Å². The summed E-state index contributed by atoms with van der Waals surface area (Å²) >= 11 is 5.65. The van der Waals surface area contributed by atoms with Gasteiger partial charge in [0.05, 0.1) is 10.6 Å². The molecule has 0 aliphatic carbocycles. The van der Waals surface area contributed by atoms with Gasteiger partial charge in [0.1, 0.15) is 12.6 Å². The Labute approximate surface area is 275 Å². The number of halogens is 2. The molecule has 0 radical (unpaired) electrons. The third-order valence-corrected chi connectivity index (χ3v) is 9.79. The summed E-state index contributed by atoms with van der Waals surface area (Å²) in [7, 11) is -4.12. The SMILES string of the molecule is CCCNC(=O)C(Cc1ccccc1)N(Cc1cccc(Br)c1)C(=O)CN(c1ccc(I)cc1)S(=O)(=O)c1ccccc1. The summed E-state index contributed by atoms with van der Waals surface area (Å²) in [6.07, 6.45) is 1.00. The van der Waals surface area contributed by atoms with Crippen LogP contribution >= 0.6 is 38.5 Å². The molecule has 0 aliphatic heterocycles. The van der Waals surface area contributed by atoms with Gasteiger partial charge in [0.15, 0.2) is 0 Å². The first-order valence-corrected chi connectivity index (χ1v) is 17.2. The Morgan fingerprint density at radius 3 is 2.12 bits per heavy atom. The lowest BCUT2D eigenvalue weighted by molar-refractivity contribution is -0.140. The number of nitrogens with one attached hydrogen (secondary N) is 1. The quantitative estimate of drug-likeness (QED) is 0.159. The molecule has 43 heavy (non-hydrogen) atoms. The number of carbonyl (C=O) groups is 2. The number of rotatable bonds is 13. The van der Waals surface area contributed by atoms with E-state index in [1.807, 2.05) is 61.5 Å². The van der Waals surface area contributed by atoms with Crippen LogP contribution in [0.25, 0.3) is 0 Å². The summed E-state index contributed by atoms with van der Waals surface area (Å²) in [5.74, 6) is -0.786. The summed E-state index contributed by atoms with van der Waals surface area (Å²) < 4.78 is 30.8. The van der Waals surface area contributed by atoms with Crippen LogP contribution in [0.3, 0.4) is 0 Å². The van der Waals surface area contributed by atoms with E-state index in [4.69, 9.17) is 0 Å². The number of carbonyl (C=O) groups excluding carboxylic acids is 2. The van der Waals surface area contributed by atoms with Crippen molar-refractivity contribution in [2.24, 2.45) is 0 Å². The molecule has 0 spiro atoms. The first-order chi connectivity index (χ1) is 20.7. The monoisotopic (exact) mass is 773 g/mol.